The first-order valence-corrected chi connectivity index (χ1v) is 9.81. The number of hydrogen-bond acceptors (Lipinski definition) is 5. The maximum Gasteiger partial charge on any atom is 0.240 e. The molecule has 0 unspecified atom stereocenters. The molecule has 1 aromatic carbocycles. The minimum Gasteiger partial charge on any atom is -0.493 e. The summed E-state index contributed by atoms with van der Waals surface area (Å²) in [5, 5.41) is 6.45. The molecule has 0 aliphatic carbocycles. The number of nitrogens with one attached hydrogen (secondary N) is 2. The third-order valence-corrected chi connectivity index (χ3v) is 5.48. The molecule has 2 aliphatic heterocycles. The molecule has 0 aromatic heterocycles. The number of rotatable bonds is 7. The van der Waals surface area contributed by atoms with Crippen LogP contribution in [0.15, 0.2) is 24.8 Å². The summed E-state index contributed by atoms with van der Waals surface area (Å²) in [6, 6.07) is 4.25. The molecule has 2 fully saturated rings. The van der Waals surface area contributed by atoms with Gasteiger partial charge in [-0.25, -0.2) is 0 Å². The van der Waals surface area contributed by atoms with Crippen LogP contribution in [-0.4, -0.2) is 56.2 Å². The summed E-state index contributed by atoms with van der Waals surface area (Å²) in [4.78, 5) is 14.7. The Labute approximate surface area is 161 Å². The third-order valence-electron chi connectivity index (χ3n) is 5.48. The second-order valence-electron chi connectivity index (χ2n) is 7.25. The van der Waals surface area contributed by atoms with Crippen molar-refractivity contribution < 1.29 is 14.3 Å². The third kappa shape index (κ3) is 4.28. The topological polar surface area (TPSA) is 62.8 Å². The number of benzene rings is 1. The van der Waals surface area contributed by atoms with Gasteiger partial charge in [-0.3, -0.25) is 9.69 Å². The van der Waals surface area contributed by atoms with Gasteiger partial charge in [-0.05, 0) is 37.8 Å². The van der Waals surface area contributed by atoms with Crippen molar-refractivity contribution in [3.05, 3.63) is 35.9 Å². The van der Waals surface area contributed by atoms with Crippen molar-refractivity contribution in [2.45, 2.75) is 38.3 Å². The van der Waals surface area contributed by atoms with E-state index in [1.54, 1.807) is 7.11 Å². The lowest BCUT2D eigenvalue weighted by Crippen LogP contribution is -2.66. The number of allylic oxidation sites excluding steroid dienone is 1. The molecular weight excluding hydrogens is 342 g/mol. The summed E-state index contributed by atoms with van der Waals surface area (Å²) in [7, 11) is 1.68. The second kappa shape index (κ2) is 8.76. The Hall–Kier alpha value is -2.05. The van der Waals surface area contributed by atoms with Gasteiger partial charge in [0.2, 0.25) is 5.91 Å². The van der Waals surface area contributed by atoms with Gasteiger partial charge in [-0.2, -0.15) is 0 Å². The Morgan fingerprint density at radius 2 is 2.07 bits per heavy atom. The fourth-order valence-corrected chi connectivity index (χ4v) is 4.10. The highest BCUT2D eigenvalue weighted by Gasteiger charge is 2.42. The first-order valence-electron chi connectivity index (χ1n) is 9.81. The van der Waals surface area contributed by atoms with Crippen molar-refractivity contribution >= 4 is 5.91 Å². The molecule has 1 spiro atoms. The van der Waals surface area contributed by atoms with Crippen LogP contribution in [0.5, 0.6) is 11.5 Å². The summed E-state index contributed by atoms with van der Waals surface area (Å²) < 4.78 is 11.4. The minimum atomic E-state index is -0.376. The zero-order valence-corrected chi connectivity index (χ0v) is 16.5. The molecule has 148 valence electrons. The molecule has 0 saturated carbocycles. The van der Waals surface area contributed by atoms with Crippen molar-refractivity contribution in [2.24, 2.45) is 0 Å². The molecule has 1 amide bonds. The monoisotopic (exact) mass is 373 g/mol. The Bertz CT molecular complexity index is 681. The van der Waals surface area contributed by atoms with Crippen LogP contribution >= 0.6 is 0 Å². The first-order chi connectivity index (χ1) is 13.1. The molecule has 6 nitrogen and oxygen atoms in total. The summed E-state index contributed by atoms with van der Waals surface area (Å²) in [5.74, 6) is 1.74. The van der Waals surface area contributed by atoms with Gasteiger partial charge in [0, 0.05) is 38.3 Å². The number of amides is 1. The van der Waals surface area contributed by atoms with E-state index in [-0.39, 0.29) is 11.4 Å². The molecule has 2 heterocycles. The molecule has 2 N–H and O–H groups in total. The van der Waals surface area contributed by atoms with Gasteiger partial charge in [-0.15, -0.1) is 6.58 Å². The average Bonchev–Trinajstić information content (AvgIpc) is 2.67. The molecular formula is C21H31N3O3. The van der Waals surface area contributed by atoms with Gasteiger partial charge in [-0.1, -0.05) is 12.1 Å². The van der Waals surface area contributed by atoms with Crippen LogP contribution in [0.2, 0.25) is 0 Å². The lowest BCUT2D eigenvalue weighted by atomic mass is 9.85. The van der Waals surface area contributed by atoms with Gasteiger partial charge in [0.05, 0.1) is 13.7 Å². The van der Waals surface area contributed by atoms with Crippen LogP contribution in [-0.2, 0) is 17.8 Å². The molecule has 6 heteroatoms. The van der Waals surface area contributed by atoms with E-state index in [9.17, 15) is 4.79 Å². The summed E-state index contributed by atoms with van der Waals surface area (Å²) in [6.45, 7) is 10.6. The van der Waals surface area contributed by atoms with E-state index in [2.05, 4.69) is 34.2 Å². The Morgan fingerprint density at radius 3 is 2.70 bits per heavy atom. The maximum absolute atomic E-state index is 12.3. The Morgan fingerprint density at radius 1 is 1.30 bits per heavy atom. The predicted molar refractivity (Wildman–Crippen MR) is 106 cm³/mol. The molecule has 1 aromatic rings. The predicted octanol–water partition coefficient (Wildman–Crippen LogP) is 1.88. The van der Waals surface area contributed by atoms with Crippen LogP contribution in [0.1, 0.15) is 30.9 Å². The number of ether oxygens (including phenoxy) is 2. The molecule has 27 heavy (non-hydrogen) atoms. The minimum absolute atomic E-state index is 0.157. The second-order valence-corrected chi connectivity index (χ2v) is 7.25. The van der Waals surface area contributed by atoms with Crippen molar-refractivity contribution in [3.8, 4) is 11.5 Å². The smallest absolute Gasteiger partial charge is 0.240 e. The Kier molecular flexibility index (Phi) is 6.39. The standard InChI is InChI=1S/C21H31N3O3/c1-4-6-17-13-16(14-18(27-5-2)19(17)26-3)15-24-11-7-21(8-12-24)20(25)22-9-10-23-21/h4,13-14,23H,1,5-12,15H2,2-3H3,(H,22,25). The van der Waals surface area contributed by atoms with Crippen LogP contribution in [0.4, 0.5) is 0 Å². The van der Waals surface area contributed by atoms with Gasteiger partial charge < -0.3 is 20.1 Å². The van der Waals surface area contributed by atoms with Crippen LogP contribution in [0.3, 0.4) is 0 Å². The lowest BCUT2D eigenvalue weighted by molar-refractivity contribution is -0.131. The molecule has 3 rings (SSSR count). The quantitative estimate of drug-likeness (QED) is 0.715. The van der Waals surface area contributed by atoms with Crippen molar-refractivity contribution in [1.82, 2.24) is 15.5 Å². The van der Waals surface area contributed by atoms with E-state index in [1.165, 1.54) is 5.56 Å². The highest BCUT2D eigenvalue weighted by atomic mass is 16.5. The van der Waals surface area contributed by atoms with E-state index in [0.717, 1.165) is 69.0 Å². The van der Waals surface area contributed by atoms with E-state index in [4.69, 9.17) is 9.47 Å². The van der Waals surface area contributed by atoms with Crippen LogP contribution in [0.25, 0.3) is 0 Å². The maximum atomic E-state index is 12.3. The highest BCUT2D eigenvalue weighted by molar-refractivity contribution is 5.87. The molecule has 0 bridgehead atoms. The number of piperazine rings is 1. The van der Waals surface area contributed by atoms with Crippen molar-refractivity contribution in [2.75, 3.05) is 39.9 Å². The van der Waals surface area contributed by atoms with Crippen LogP contribution < -0.4 is 20.1 Å². The normalized spacial score (nSPS) is 19.6. The lowest BCUT2D eigenvalue weighted by Gasteiger charge is -2.43. The van der Waals surface area contributed by atoms with Gasteiger partial charge in [0.1, 0.15) is 5.54 Å². The van der Waals surface area contributed by atoms with Crippen LogP contribution in [0, 0.1) is 0 Å². The number of carbonyl (C=O) groups excluding carboxylic acids is 1. The van der Waals surface area contributed by atoms with Gasteiger partial charge in [0.15, 0.2) is 11.5 Å². The van der Waals surface area contributed by atoms with Gasteiger partial charge in [0.25, 0.3) is 0 Å². The van der Waals surface area contributed by atoms with E-state index >= 15 is 0 Å². The number of nitrogens with zero attached hydrogens (tertiary/aromatic N) is 1. The zero-order chi connectivity index (χ0) is 19.3. The fraction of sp³-hybridized carbons (Fsp3) is 0.571. The number of hydrogen-bond donors (Lipinski definition) is 2. The molecule has 0 radical (unpaired) electrons. The summed E-state index contributed by atoms with van der Waals surface area (Å²) in [6.07, 6.45) is 4.30. The number of methoxy groups -OCH3 is 1. The van der Waals surface area contributed by atoms with E-state index in [0.29, 0.717) is 6.61 Å². The molecule has 0 atom stereocenters. The molecule has 2 aliphatic rings. The number of piperidine rings is 1. The summed E-state index contributed by atoms with van der Waals surface area (Å²) in [5.41, 5.74) is 1.92. The van der Waals surface area contributed by atoms with E-state index in [1.807, 2.05) is 13.0 Å². The average molecular weight is 373 g/mol. The summed E-state index contributed by atoms with van der Waals surface area (Å²) >= 11 is 0. The first kappa shape index (κ1) is 19.7. The van der Waals surface area contributed by atoms with Crippen molar-refractivity contribution in [1.29, 1.82) is 0 Å². The van der Waals surface area contributed by atoms with E-state index < -0.39 is 0 Å². The highest BCUT2D eigenvalue weighted by Crippen LogP contribution is 2.34. The zero-order valence-electron chi connectivity index (χ0n) is 16.5. The molecule has 2 saturated heterocycles. The SMILES string of the molecule is C=CCc1cc(CN2CCC3(CC2)NCCNC3=O)cc(OCC)c1OC. The fourth-order valence-electron chi connectivity index (χ4n) is 4.10. The van der Waals surface area contributed by atoms with Crippen molar-refractivity contribution in [3.63, 3.8) is 0 Å². The van der Waals surface area contributed by atoms with Gasteiger partial charge >= 0.3 is 0 Å². The number of likely N-dealkylation sites (tertiary alicyclic amines) is 1. The number of carbonyl (C=O) groups is 1. The largest absolute Gasteiger partial charge is 0.493 e. The Balaban J connectivity index is 1.72.